The molecule has 2 heterocycles. The number of nitrogens with one attached hydrogen (secondary N) is 1. The first-order valence-corrected chi connectivity index (χ1v) is 7.60. The number of H-pyrrole nitrogens is 1. The van der Waals surface area contributed by atoms with Crippen LogP contribution in [0.1, 0.15) is 49.2 Å². The summed E-state index contributed by atoms with van der Waals surface area (Å²) in [6, 6.07) is 0. The summed E-state index contributed by atoms with van der Waals surface area (Å²) < 4.78 is 5.23. The zero-order valence-corrected chi connectivity index (χ0v) is 13.4. The number of ether oxygens (including phenoxy) is 1. The van der Waals surface area contributed by atoms with Gasteiger partial charge in [0.2, 0.25) is 5.91 Å². The number of amides is 1. The molecule has 1 aliphatic carbocycles. The molecule has 0 unspecified atom stereocenters. The van der Waals surface area contributed by atoms with Crippen molar-refractivity contribution in [2.45, 2.75) is 33.1 Å². The van der Waals surface area contributed by atoms with Crippen LogP contribution in [0, 0.1) is 11.3 Å². The number of primary amides is 1. The van der Waals surface area contributed by atoms with E-state index < -0.39 is 17.3 Å². The van der Waals surface area contributed by atoms with Gasteiger partial charge in [-0.1, -0.05) is 6.92 Å². The molecule has 0 bridgehead atoms. The molecule has 7 heteroatoms. The molecule has 0 spiro atoms. The van der Waals surface area contributed by atoms with Crippen LogP contribution in [0.3, 0.4) is 0 Å². The van der Waals surface area contributed by atoms with Crippen molar-refractivity contribution >= 4 is 23.0 Å². The molecule has 2 aromatic rings. The molecule has 0 aromatic carbocycles. The Morgan fingerprint density at radius 3 is 2.78 bits per heavy atom. The van der Waals surface area contributed by atoms with Crippen molar-refractivity contribution in [1.82, 2.24) is 15.0 Å². The number of esters is 1. The molecule has 122 valence electrons. The molecule has 0 saturated heterocycles. The van der Waals surface area contributed by atoms with Crippen LogP contribution in [0.15, 0.2) is 12.4 Å². The number of aromatic amines is 1. The zero-order chi connectivity index (χ0) is 16.8. The van der Waals surface area contributed by atoms with E-state index in [1.807, 2.05) is 0 Å². The van der Waals surface area contributed by atoms with E-state index in [-0.39, 0.29) is 6.61 Å². The Bertz CT molecular complexity index is 781. The summed E-state index contributed by atoms with van der Waals surface area (Å²) in [6.07, 6.45) is 4.37. The molecule has 0 aliphatic heterocycles. The first-order chi connectivity index (χ1) is 10.8. The van der Waals surface area contributed by atoms with Crippen LogP contribution in [0.2, 0.25) is 0 Å². The van der Waals surface area contributed by atoms with Gasteiger partial charge in [-0.05, 0) is 26.2 Å². The van der Waals surface area contributed by atoms with Crippen molar-refractivity contribution < 1.29 is 14.3 Å². The molecule has 7 nitrogen and oxygen atoms in total. The number of carbonyl (C=O) groups is 2. The van der Waals surface area contributed by atoms with E-state index in [9.17, 15) is 9.59 Å². The summed E-state index contributed by atoms with van der Waals surface area (Å²) >= 11 is 0. The predicted octanol–water partition coefficient (Wildman–Crippen LogP) is 1.75. The summed E-state index contributed by atoms with van der Waals surface area (Å²) in [6.45, 7) is 5.34. The van der Waals surface area contributed by atoms with Gasteiger partial charge in [-0.3, -0.25) is 4.79 Å². The Balaban J connectivity index is 1.81. The lowest BCUT2D eigenvalue weighted by molar-refractivity contribution is -0.127. The molecule has 2 aromatic heterocycles. The summed E-state index contributed by atoms with van der Waals surface area (Å²) in [7, 11) is 0. The lowest BCUT2D eigenvalue weighted by Gasteiger charge is -2.19. The van der Waals surface area contributed by atoms with Gasteiger partial charge in [-0.2, -0.15) is 0 Å². The zero-order valence-electron chi connectivity index (χ0n) is 13.4. The maximum absolute atomic E-state index is 12.3. The summed E-state index contributed by atoms with van der Waals surface area (Å²) in [5.74, 6) is -0.0400. The summed E-state index contributed by atoms with van der Waals surface area (Å²) in [4.78, 5) is 35.4. The fraction of sp³-hybridized carbons (Fsp3) is 0.500. The molecule has 1 amide bonds. The molecule has 1 aliphatic rings. The molecule has 2 atom stereocenters. The molecular weight excluding hydrogens is 296 g/mol. The van der Waals surface area contributed by atoms with Gasteiger partial charge >= 0.3 is 5.97 Å². The van der Waals surface area contributed by atoms with Gasteiger partial charge in [0.25, 0.3) is 0 Å². The average molecular weight is 316 g/mol. The Kier molecular flexibility index (Phi) is 3.58. The van der Waals surface area contributed by atoms with Crippen molar-refractivity contribution in [1.29, 1.82) is 0 Å². The van der Waals surface area contributed by atoms with E-state index in [1.54, 1.807) is 20.0 Å². The molecule has 3 N–H and O–H groups in total. The van der Waals surface area contributed by atoms with Crippen LogP contribution in [-0.2, 0) is 9.53 Å². The Labute approximate surface area is 133 Å². The number of nitrogens with zero attached hydrogens (tertiary/aromatic N) is 2. The van der Waals surface area contributed by atoms with Gasteiger partial charge in [0.15, 0.2) is 5.65 Å². The van der Waals surface area contributed by atoms with Crippen molar-refractivity contribution in [2.24, 2.45) is 17.1 Å². The second kappa shape index (κ2) is 5.33. The quantitative estimate of drug-likeness (QED) is 0.816. The van der Waals surface area contributed by atoms with Gasteiger partial charge in [0.05, 0.1) is 17.3 Å². The first kappa shape index (κ1) is 15.5. The molecule has 0 radical (unpaired) electrons. The van der Waals surface area contributed by atoms with Crippen molar-refractivity contribution in [3.63, 3.8) is 0 Å². The maximum Gasteiger partial charge on any atom is 0.342 e. The highest BCUT2D eigenvalue weighted by Gasteiger charge is 2.36. The topological polar surface area (TPSA) is 111 Å². The predicted molar refractivity (Wildman–Crippen MR) is 83.7 cm³/mol. The van der Waals surface area contributed by atoms with Crippen LogP contribution in [0.5, 0.6) is 0 Å². The van der Waals surface area contributed by atoms with E-state index in [2.05, 4.69) is 21.9 Å². The highest BCUT2D eigenvalue weighted by atomic mass is 16.5. The van der Waals surface area contributed by atoms with Gasteiger partial charge in [-0.15, -0.1) is 0 Å². The van der Waals surface area contributed by atoms with Gasteiger partial charge in [-0.25, -0.2) is 14.8 Å². The minimum absolute atomic E-state index is 0.0827. The standard InChI is InChI=1S/C16H20N4O3/c1-8-4-9(8)11-6-19-13-12(20-11)10(5-18-13)14(21)23-7-16(2,3)15(17)22/h5-6,8-9H,4,7H2,1-3H3,(H2,17,22)(H,18,19)/t8-,9+/m0/s1. The number of hydrogen-bond acceptors (Lipinski definition) is 5. The number of rotatable bonds is 5. The fourth-order valence-electron chi connectivity index (χ4n) is 2.37. The Morgan fingerprint density at radius 1 is 1.48 bits per heavy atom. The van der Waals surface area contributed by atoms with E-state index in [0.717, 1.165) is 12.1 Å². The van der Waals surface area contributed by atoms with E-state index in [0.29, 0.717) is 28.6 Å². The SMILES string of the molecule is C[C@H]1C[C@H]1c1cnc2[nH]cc(C(=O)OCC(C)(C)C(N)=O)c2n1. The third kappa shape index (κ3) is 2.91. The highest BCUT2D eigenvalue weighted by Crippen LogP contribution is 2.46. The minimum Gasteiger partial charge on any atom is -0.461 e. The lowest BCUT2D eigenvalue weighted by atomic mass is 9.94. The summed E-state index contributed by atoms with van der Waals surface area (Å²) in [5.41, 5.74) is 6.63. The molecule has 1 saturated carbocycles. The molecule has 3 rings (SSSR count). The number of fused-ring (bicyclic) bond motifs is 1. The lowest BCUT2D eigenvalue weighted by Crippen LogP contribution is -2.36. The van der Waals surface area contributed by atoms with Crippen molar-refractivity contribution in [3.8, 4) is 0 Å². The van der Waals surface area contributed by atoms with Crippen LogP contribution in [0.25, 0.3) is 11.2 Å². The molecule has 1 fully saturated rings. The van der Waals surface area contributed by atoms with E-state index >= 15 is 0 Å². The maximum atomic E-state index is 12.3. The fourth-order valence-corrected chi connectivity index (χ4v) is 2.37. The van der Waals surface area contributed by atoms with E-state index in [1.165, 1.54) is 6.20 Å². The van der Waals surface area contributed by atoms with E-state index in [4.69, 9.17) is 10.5 Å². The minimum atomic E-state index is -0.915. The highest BCUT2D eigenvalue weighted by molar-refractivity contribution is 6.01. The third-order valence-electron chi connectivity index (χ3n) is 4.34. The van der Waals surface area contributed by atoms with Crippen LogP contribution in [-0.4, -0.2) is 33.4 Å². The monoisotopic (exact) mass is 316 g/mol. The third-order valence-corrected chi connectivity index (χ3v) is 4.34. The first-order valence-electron chi connectivity index (χ1n) is 7.60. The number of aromatic nitrogens is 3. The Hall–Kier alpha value is -2.44. The molecule has 23 heavy (non-hydrogen) atoms. The summed E-state index contributed by atoms with van der Waals surface area (Å²) in [5, 5.41) is 0. The number of nitrogens with two attached hydrogens (primary N) is 1. The van der Waals surface area contributed by atoms with Gasteiger partial charge in [0.1, 0.15) is 17.7 Å². The largest absolute Gasteiger partial charge is 0.461 e. The van der Waals surface area contributed by atoms with Crippen molar-refractivity contribution in [3.05, 3.63) is 23.7 Å². The smallest absolute Gasteiger partial charge is 0.342 e. The number of carbonyl (C=O) groups excluding carboxylic acids is 2. The second-order valence-electron chi connectivity index (χ2n) is 6.84. The second-order valence-corrected chi connectivity index (χ2v) is 6.84. The molecular formula is C16H20N4O3. The van der Waals surface area contributed by atoms with Crippen molar-refractivity contribution in [2.75, 3.05) is 6.61 Å². The number of hydrogen-bond donors (Lipinski definition) is 2. The average Bonchev–Trinajstić information content (AvgIpc) is 3.08. The van der Waals surface area contributed by atoms with Gasteiger partial charge < -0.3 is 15.5 Å². The van der Waals surface area contributed by atoms with Crippen LogP contribution < -0.4 is 5.73 Å². The normalized spacial score (nSPS) is 20.5. The van der Waals surface area contributed by atoms with Gasteiger partial charge in [0, 0.05) is 12.1 Å². The Morgan fingerprint density at radius 2 is 2.17 bits per heavy atom. The van der Waals surface area contributed by atoms with Crippen LogP contribution in [0.4, 0.5) is 0 Å². The van der Waals surface area contributed by atoms with Crippen LogP contribution >= 0.6 is 0 Å².